The number of hydrogen-bond donors (Lipinski definition) is 1. The van der Waals surface area contributed by atoms with Crippen LogP contribution in [0.25, 0.3) is 0 Å². The number of hydrogen-bond acceptors (Lipinski definition) is 3. The molecule has 0 spiro atoms. The van der Waals surface area contributed by atoms with Crippen LogP contribution in [0.2, 0.25) is 10.0 Å². The van der Waals surface area contributed by atoms with Crippen molar-refractivity contribution in [3.63, 3.8) is 0 Å². The van der Waals surface area contributed by atoms with Crippen LogP contribution in [-0.2, 0) is 0 Å². The first kappa shape index (κ1) is 17.8. The standard InChI is InChI=1S/C8H11NO.C7H3Cl3O/c9-6-7-10-8-4-2-1-3-5-8;8-4-1-2-5(7(10)11)6(9)3-4/h1-5H,6-7,9H2;1-3H. The number of rotatable bonds is 4. The van der Waals surface area contributed by atoms with Crippen LogP contribution in [0.4, 0.5) is 0 Å². The zero-order chi connectivity index (χ0) is 15.7. The lowest BCUT2D eigenvalue weighted by Gasteiger charge is -2.01. The Kier molecular flexibility index (Phi) is 8.16. The van der Waals surface area contributed by atoms with E-state index in [4.69, 9.17) is 45.3 Å². The molecule has 0 saturated carbocycles. The van der Waals surface area contributed by atoms with Gasteiger partial charge in [0.15, 0.2) is 0 Å². The molecule has 0 aliphatic rings. The van der Waals surface area contributed by atoms with Gasteiger partial charge in [0.2, 0.25) is 0 Å². The summed E-state index contributed by atoms with van der Waals surface area (Å²) < 4.78 is 5.23. The number of para-hydroxylation sites is 1. The van der Waals surface area contributed by atoms with Gasteiger partial charge in [-0.3, -0.25) is 4.79 Å². The van der Waals surface area contributed by atoms with E-state index in [9.17, 15) is 4.79 Å². The first-order valence-corrected chi connectivity index (χ1v) is 7.20. The maximum Gasteiger partial charge on any atom is 0.253 e. The van der Waals surface area contributed by atoms with E-state index in [1.54, 1.807) is 6.07 Å². The first-order valence-electron chi connectivity index (χ1n) is 6.07. The van der Waals surface area contributed by atoms with Crippen LogP contribution in [0, 0.1) is 0 Å². The first-order chi connectivity index (χ1) is 10.0. The van der Waals surface area contributed by atoms with Gasteiger partial charge in [-0.1, -0.05) is 41.4 Å². The maximum absolute atomic E-state index is 10.6. The van der Waals surface area contributed by atoms with Crippen LogP contribution in [-0.4, -0.2) is 18.4 Å². The van der Waals surface area contributed by atoms with Crippen molar-refractivity contribution in [3.05, 3.63) is 64.1 Å². The summed E-state index contributed by atoms with van der Waals surface area (Å²) in [6.07, 6.45) is 0. The molecular formula is C15H14Cl3NO2. The molecule has 3 nitrogen and oxygen atoms in total. The highest BCUT2D eigenvalue weighted by atomic mass is 35.5. The quantitative estimate of drug-likeness (QED) is 0.835. The predicted octanol–water partition coefficient (Wildman–Crippen LogP) is 4.40. The van der Waals surface area contributed by atoms with E-state index in [1.807, 2.05) is 30.3 Å². The zero-order valence-electron chi connectivity index (χ0n) is 11.1. The zero-order valence-corrected chi connectivity index (χ0v) is 13.3. The van der Waals surface area contributed by atoms with Crippen LogP contribution in [0.1, 0.15) is 10.4 Å². The Bertz CT molecular complexity index is 576. The summed E-state index contributed by atoms with van der Waals surface area (Å²) in [5, 5.41) is 0.181. The third-order valence-corrected chi connectivity index (χ3v) is 3.02. The highest BCUT2D eigenvalue weighted by Gasteiger charge is 2.06. The van der Waals surface area contributed by atoms with Crippen LogP contribution in [0.5, 0.6) is 5.75 Å². The second kappa shape index (κ2) is 9.64. The van der Waals surface area contributed by atoms with E-state index in [1.165, 1.54) is 12.1 Å². The third kappa shape index (κ3) is 6.82. The molecule has 0 unspecified atom stereocenters. The average molecular weight is 347 g/mol. The van der Waals surface area contributed by atoms with Crippen molar-refractivity contribution in [3.8, 4) is 5.75 Å². The number of ether oxygens (including phenoxy) is 1. The summed E-state index contributed by atoms with van der Waals surface area (Å²) in [7, 11) is 0. The van der Waals surface area contributed by atoms with Crippen molar-refractivity contribution in [2.45, 2.75) is 0 Å². The molecule has 6 heteroatoms. The molecule has 0 amide bonds. The molecule has 0 aromatic heterocycles. The Morgan fingerprint density at radius 3 is 2.29 bits per heavy atom. The number of carbonyl (C=O) groups is 1. The van der Waals surface area contributed by atoms with Gasteiger partial charge in [0, 0.05) is 11.6 Å². The van der Waals surface area contributed by atoms with Crippen molar-refractivity contribution in [1.29, 1.82) is 0 Å². The molecule has 0 atom stereocenters. The fourth-order valence-electron chi connectivity index (χ4n) is 1.34. The fraction of sp³-hybridized carbons (Fsp3) is 0.133. The van der Waals surface area contributed by atoms with Crippen LogP contribution in [0.15, 0.2) is 48.5 Å². The van der Waals surface area contributed by atoms with E-state index in [-0.39, 0.29) is 10.6 Å². The molecular weight excluding hydrogens is 333 g/mol. The fourth-order valence-corrected chi connectivity index (χ4v) is 2.05. The van der Waals surface area contributed by atoms with Gasteiger partial charge in [-0.15, -0.1) is 0 Å². The molecule has 2 aromatic carbocycles. The molecule has 0 bridgehead atoms. The molecule has 2 N–H and O–H groups in total. The van der Waals surface area contributed by atoms with Crippen molar-refractivity contribution >= 4 is 40.0 Å². The number of carbonyl (C=O) groups excluding carboxylic acids is 1. The monoisotopic (exact) mass is 345 g/mol. The molecule has 0 aliphatic carbocycles. The topological polar surface area (TPSA) is 52.3 Å². The predicted molar refractivity (Wildman–Crippen MR) is 87.6 cm³/mol. The Labute approximate surface area is 138 Å². The summed E-state index contributed by atoms with van der Waals surface area (Å²) in [6, 6.07) is 14.2. The summed E-state index contributed by atoms with van der Waals surface area (Å²) >= 11 is 16.4. The summed E-state index contributed by atoms with van der Waals surface area (Å²) in [4.78, 5) is 10.6. The van der Waals surface area contributed by atoms with Gasteiger partial charge in [-0.2, -0.15) is 0 Å². The lowest BCUT2D eigenvalue weighted by molar-refractivity contribution is 0.108. The minimum Gasteiger partial charge on any atom is -0.492 e. The maximum atomic E-state index is 10.6. The van der Waals surface area contributed by atoms with Gasteiger partial charge in [-0.25, -0.2) is 0 Å². The lowest BCUT2D eigenvalue weighted by Crippen LogP contribution is -2.10. The average Bonchev–Trinajstić information content (AvgIpc) is 2.46. The summed E-state index contributed by atoms with van der Waals surface area (Å²) in [5.41, 5.74) is 5.53. The molecule has 0 heterocycles. The highest BCUT2D eigenvalue weighted by molar-refractivity contribution is 6.68. The SMILES string of the molecule is NCCOc1ccccc1.O=C(Cl)c1ccc(Cl)cc1Cl. The normalized spacial score (nSPS) is 9.52. The minimum absolute atomic E-state index is 0.275. The molecule has 0 radical (unpaired) electrons. The van der Waals surface area contributed by atoms with Crippen LogP contribution >= 0.6 is 34.8 Å². The largest absolute Gasteiger partial charge is 0.492 e. The Balaban J connectivity index is 0.000000211. The Morgan fingerprint density at radius 1 is 1.10 bits per heavy atom. The van der Waals surface area contributed by atoms with Crippen molar-refractivity contribution in [2.75, 3.05) is 13.2 Å². The molecule has 21 heavy (non-hydrogen) atoms. The van der Waals surface area contributed by atoms with Gasteiger partial charge in [0.1, 0.15) is 12.4 Å². The summed E-state index contributed by atoms with van der Waals surface area (Å²) in [6.45, 7) is 1.15. The van der Waals surface area contributed by atoms with Crippen LogP contribution in [0.3, 0.4) is 0 Å². The van der Waals surface area contributed by atoms with Gasteiger partial charge >= 0.3 is 0 Å². The van der Waals surface area contributed by atoms with Gasteiger partial charge in [0.25, 0.3) is 5.24 Å². The second-order valence-electron chi connectivity index (χ2n) is 3.85. The summed E-state index contributed by atoms with van der Waals surface area (Å²) in [5.74, 6) is 0.882. The number of benzene rings is 2. The minimum atomic E-state index is -0.577. The van der Waals surface area contributed by atoms with Crippen molar-refractivity contribution in [2.24, 2.45) is 5.73 Å². The molecule has 0 fully saturated rings. The molecule has 2 rings (SSSR count). The molecule has 112 valence electrons. The Morgan fingerprint density at radius 2 is 1.76 bits per heavy atom. The van der Waals surface area contributed by atoms with E-state index in [0.717, 1.165) is 5.75 Å². The Hall–Kier alpha value is -1.26. The van der Waals surface area contributed by atoms with Crippen LogP contribution < -0.4 is 10.5 Å². The van der Waals surface area contributed by atoms with E-state index in [0.29, 0.717) is 18.2 Å². The molecule has 2 aromatic rings. The van der Waals surface area contributed by atoms with E-state index < -0.39 is 5.24 Å². The smallest absolute Gasteiger partial charge is 0.253 e. The van der Waals surface area contributed by atoms with E-state index in [2.05, 4.69) is 0 Å². The van der Waals surface area contributed by atoms with Crippen molar-refractivity contribution in [1.82, 2.24) is 0 Å². The number of nitrogens with two attached hydrogens (primary N) is 1. The van der Waals surface area contributed by atoms with Gasteiger partial charge < -0.3 is 10.5 Å². The van der Waals surface area contributed by atoms with Gasteiger partial charge in [0.05, 0.1) is 10.6 Å². The lowest BCUT2D eigenvalue weighted by atomic mass is 10.2. The third-order valence-electron chi connectivity index (χ3n) is 2.27. The van der Waals surface area contributed by atoms with Gasteiger partial charge in [-0.05, 0) is 41.9 Å². The number of halogens is 3. The second-order valence-corrected chi connectivity index (χ2v) is 5.03. The molecule has 0 saturated heterocycles. The van der Waals surface area contributed by atoms with Crippen molar-refractivity contribution < 1.29 is 9.53 Å². The molecule has 0 aliphatic heterocycles. The highest BCUT2D eigenvalue weighted by Crippen LogP contribution is 2.21. The van der Waals surface area contributed by atoms with E-state index >= 15 is 0 Å².